The molecule has 1 aromatic rings. The summed E-state index contributed by atoms with van der Waals surface area (Å²) < 4.78 is 0. The third kappa shape index (κ3) is 1.47. The Morgan fingerprint density at radius 2 is 2.00 bits per heavy atom. The Kier molecular flexibility index (Phi) is 1.99. The van der Waals surface area contributed by atoms with Crippen LogP contribution in [-0.4, -0.2) is 5.78 Å². The minimum atomic E-state index is 0.0245. The monoisotopic (exact) mass is 188 g/mol. The molecule has 0 saturated carbocycles. The van der Waals surface area contributed by atoms with Crippen LogP contribution in [0.2, 0.25) is 0 Å². The Balaban J connectivity index is 2.58. The van der Waals surface area contributed by atoms with Crippen molar-refractivity contribution in [1.82, 2.24) is 0 Å². The average molecular weight is 188 g/mol. The molecule has 0 radical (unpaired) electrons. The van der Waals surface area contributed by atoms with Gasteiger partial charge in [-0.15, -0.1) is 0 Å². The third-order valence-corrected chi connectivity index (χ3v) is 3.02. The van der Waals surface area contributed by atoms with Crippen molar-refractivity contribution in [3.63, 3.8) is 0 Å². The van der Waals surface area contributed by atoms with Crippen LogP contribution >= 0.6 is 0 Å². The third-order valence-electron chi connectivity index (χ3n) is 3.02. The van der Waals surface area contributed by atoms with E-state index in [-0.39, 0.29) is 5.41 Å². The highest BCUT2D eigenvalue weighted by atomic mass is 16.1. The van der Waals surface area contributed by atoms with Gasteiger partial charge < -0.3 is 0 Å². The SMILES string of the molecule is Cc1ccc2c(c1)C(C)(C)CC(=O)C2. The first-order chi connectivity index (χ1) is 6.49. The van der Waals surface area contributed by atoms with Crippen LogP contribution in [0.3, 0.4) is 0 Å². The molecule has 74 valence electrons. The molecule has 0 aliphatic heterocycles. The Hall–Kier alpha value is -1.11. The molecule has 0 unspecified atom stereocenters. The number of Topliss-reactive ketones (excluding diaryl/α,β-unsaturated/α-hetero) is 1. The first-order valence-electron chi connectivity index (χ1n) is 5.11. The standard InChI is InChI=1S/C13H16O/c1-9-4-5-10-7-11(14)8-13(2,3)12(10)6-9/h4-6H,7-8H2,1-3H3. The number of carbonyl (C=O) groups is 1. The van der Waals surface area contributed by atoms with Gasteiger partial charge in [0.1, 0.15) is 5.78 Å². The Bertz CT molecular complexity index is 388. The zero-order chi connectivity index (χ0) is 10.3. The van der Waals surface area contributed by atoms with E-state index in [1.54, 1.807) is 0 Å². The summed E-state index contributed by atoms with van der Waals surface area (Å²) in [5.74, 6) is 0.367. The molecule has 14 heavy (non-hydrogen) atoms. The van der Waals surface area contributed by atoms with Crippen molar-refractivity contribution in [2.45, 2.75) is 39.0 Å². The highest BCUT2D eigenvalue weighted by molar-refractivity contribution is 5.84. The lowest BCUT2D eigenvalue weighted by atomic mass is 9.72. The average Bonchev–Trinajstić information content (AvgIpc) is 2.05. The molecule has 0 heterocycles. The van der Waals surface area contributed by atoms with E-state index in [2.05, 4.69) is 39.0 Å². The second-order valence-electron chi connectivity index (χ2n) is 4.94. The van der Waals surface area contributed by atoms with E-state index in [1.807, 2.05) is 0 Å². The van der Waals surface area contributed by atoms with Gasteiger partial charge in [0.05, 0.1) is 0 Å². The van der Waals surface area contributed by atoms with Crippen molar-refractivity contribution in [3.05, 3.63) is 34.9 Å². The van der Waals surface area contributed by atoms with E-state index in [4.69, 9.17) is 0 Å². The van der Waals surface area contributed by atoms with Crippen molar-refractivity contribution in [3.8, 4) is 0 Å². The minimum absolute atomic E-state index is 0.0245. The Labute approximate surface area is 85.1 Å². The Morgan fingerprint density at radius 1 is 1.29 bits per heavy atom. The second kappa shape index (κ2) is 2.94. The molecule has 0 atom stereocenters. The van der Waals surface area contributed by atoms with Gasteiger partial charge in [-0.1, -0.05) is 37.6 Å². The topological polar surface area (TPSA) is 17.1 Å². The number of rotatable bonds is 0. The summed E-state index contributed by atoms with van der Waals surface area (Å²) in [6.45, 7) is 6.41. The maximum Gasteiger partial charge on any atom is 0.138 e. The highest BCUT2D eigenvalue weighted by Crippen LogP contribution is 2.35. The zero-order valence-corrected chi connectivity index (χ0v) is 9.05. The molecule has 0 amide bonds. The maximum atomic E-state index is 11.5. The fraction of sp³-hybridized carbons (Fsp3) is 0.462. The predicted molar refractivity (Wildman–Crippen MR) is 57.5 cm³/mol. The first kappa shape index (κ1) is 9.45. The number of ketones is 1. The molecule has 0 spiro atoms. The summed E-state index contributed by atoms with van der Waals surface area (Å²) in [5, 5.41) is 0. The maximum absolute atomic E-state index is 11.5. The van der Waals surface area contributed by atoms with E-state index < -0.39 is 0 Å². The smallest absolute Gasteiger partial charge is 0.138 e. The molecule has 0 saturated heterocycles. The van der Waals surface area contributed by atoms with Crippen molar-refractivity contribution in [2.24, 2.45) is 0 Å². The van der Waals surface area contributed by atoms with Crippen LogP contribution in [-0.2, 0) is 16.6 Å². The highest BCUT2D eigenvalue weighted by Gasteiger charge is 2.31. The quantitative estimate of drug-likeness (QED) is 0.612. The van der Waals surface area contributed by atoms with Crippen LogP contribution in [0, 0.1) is 6.92 Å². The molecular formula is C13H16O. The Morgan fingerprint density at radius 3 is 2.71 bits per heavy atom. The van der Waals surface area contributed by atoms with Gasteiger partial charge in [0, 0.05) is 12.8 Å². The molecule has 1 aromatic carbocycles. The number of aryl methyl sites for hydroxylation is 1. The van der Waals surface area contributed by atoms with E-state index in [0.29, 0.717) is 18.6 Å². The lowest BCUT2D eigenvalue weighted by Crippen LogP contribution is -2.29. The summed E-state index contributed by atoms with van der Waals surface area (Å²) in [5.41, 5.74) is 3.89. The van der Waals surface area contributed by atoms with Gasteiger partial charge in [-0.2, -0.15) is 0 Å². The lowest BCUT2D eigenvalue weighted by Gasteiger charge is -2.31. The van der Waals surface area contributed by atoms with E-state index in [0.717, 1.165) is 0 Å². The van der Waals surface area contributed by atoms with Crippen molar-refractivity contribution in [2.75, 3.05) is 0 Å². The van der Waals surface area contributed by atoms with E-state index in [9.17, 15) is 4.79 Å². The van der Waals surface area contributed by atoms with Gasteiger partial charge in [-0.25, -0.2) is 0 Å². The molecule has 1 heteroatoms. The van der Waals surface area contributed by atoms with Gasteiger partial charge in [0.25, 0.3) is 0 Å². The predicted octanol–water partition coefficient (Wildman–Crippen LogP) is 2.79. The van der Waals surface area contributed by atoms with Gasteiger partial charge in [0.2, 0.25) is 0 Å². The van der Waals surface area contributed by atoms with Crippen LogP contribution in [0.25, 0.3) is 0 Å². The molecule has 2 rings (SSSR count). The minimum Gasteiger partial charge on any atom is -0.299 e. The molecule has 1 aliphatic carbocycles. The van der Waals surface area contributed by atoms with Gasteiger partial charge in [-0.3, -0.25) is 4.79 Å². The van der Waals surface area contributed by atoms with Crippen LogP contribution in [0.5, 0.6) is 0 Å². The lowest BCUT2D eigenvalue weighted by molar-refractivity contribution is -0.120. The fourth-order valence-electron chi connectivity index (χ4n) is 2.34. The van der Waals surface area contributed by atoms with Gasteiger partial charge in [0.15, 0.2) is 0 Å². The molecule has 0 fully saturated rings. The van der Waals surface area contributed by atoms with Crippen LogP contribution in [0.4, 0.5) is 0 Å². The molecule has 1 aliphatic rings. The van der Waals surface area contributed by atoms with Crippen molar-refractivity contribution >= 4 is 5.78 Å². The zero-order valence-electron chi connectivity index (χ0n) is 9.05. The molecule has 0 aromatic heterocycles. The summed E-state index contributed by atoms with van der Waals surface area (Å²) in [4.78, 5) is 11.5. The largest absolute Gasteiger partial charge is 0.299 e. The van der Waals surface area contributed by atoms with Gasteiger partial charge >= 0.3 is 0 Å². The van der Waals surface area contributed by atoms with E-state index in [1.165, 1.54) is 16.7 Å². The first-order valence-corrected chi connectivity index (χ1v) is 5.11. The summed E-state index contributed by atoms with van der Waals surface area (Å²) in [6.07, 6.45) is 1.31. The number of benzene rings is 1. The second-order valence-corrected chi connectivity index (χ2v) is 4.94. The fourth-order valence-corrected chi connectivity index (χ4v) is 2.34. The number of hydrogen-bond donors (Lipinski definition) is 0. The van der Waals surface area contributed by atoms with Crippen molar-refractivity contribution < 1.29 is 4.79 Å². The number of fused-ring (bicyclic) bond motifs is 1. The number of hydrogen-bond acceptors (Lipinski definition) is 1. The molecule has 0 bridgehead atoms. The van der Waals surface area contributed by atoms with Crippen LogP contribution in [0.1, 0.15) is 37.0 Å². The summed E-state index contributed by atoms with van der Waals surface area (Å²) in [6, 6.07) is 6.42. The van der Waals surface area contributed by atoms with Gasteiger partial charge in [-0.05, 0) is 23.5 Å². The molecular weight excluding hydrogens is 172 g/mol. The van der Waals surface area contributed by atoms with Crippen LogP contribution in [0.15, 0.2) is 18.2 Å². The summed E-state index contributed by atoms with van der Waals surface area (Å²) >= 11 is 0. The molecule has 0 N–H and O–H groups in total. The van der Waals surface area contributed by atoms with Crippen molar-refractivity contribution in [1.29, 1.82) is 0 Å². The number of carbonyl (C=O) groups excluding carboxylic acids is 1. The van der Waals surface area contributed by atoms with Crippen LogP contribution < -0.4 is 0 Å². The summed E-state index contributed by atoms with van der Waals surface area (Å²) in [7, 11) is 0. The molecule has 1 nitrogen and oxygen atoms in total. The van der Waals surface area contributed by atoms with E-state index >= 15 is 0 Å². The normalized spacial score (nSPS) is 19.2.